The first-order chi connectivity index (χ1) is 15.2. The molecule has 0 aromatic heterocycles. The largest absolute Gasteiger partial charge is 0.508 e. The van der Waals surface area contributed by atoms with Gasteiger partial charge in [-0.15, -0.1) is 0 Å². The lowest BCUT2D eigenvalue weighted by Crippen LogP contribution is -2.10. The van der Waals surface area contributed by atoms with Gasteiger partial charge in [0.1, 0.15) is 29.1 Å². The number of methoxy groups -OCH3 is 2. The van der Waals surface area contributed by atoms with Crippen LogP contribution in [0.4, 0.5) is 0 Å². The Labute approximate surface area is 182 Å². The van der Waals surface area contributed by atoms with Crippen molar-refractivity contribution < 1.29 is 19.3 Å². The van der Waals surface area contributed by atoms with E-state index in [1.54, 1.807) is 26.4 Å². The van der Waals surface area contributed by atoms with Crippen LogP contribution in [0, 0.1) is 6.07 Å². The van der Waals surface area contributed by atoms with Gasteiger partial charge in [0.2, 0.25) is 0 Å². The van der Waals surface area contributed by atoms with Crippen molar-refractivity contribution in [3.63, 3.8) is 0 Å². The van der Waals surface area contributed by atoms with Crippen LogP contribution in [-0.4, -0.2) is 19.3 Å². The maximum atomic E-state index is 9.75. The predicted molar refractivity (Wildman–Crippen MR) is 121 cm³/mol. The molecule has 0 bridgehead atoms. The Bertz CT molecular complexity index is 1150. The Balaban J connectivity index is 1.80. The number of phenolic OH excluding ortho intramolecular Hbond substituents is 1. The standard InChI is InChI=1S/C27H23O4/c1-29-22-9-7-8-20(18-22)27(19-14-16-21(28)17-15-19)31-26-13-6-4-11-24(26)23-10-3-5-12-25(23)30-2/h3-11,13-18,27-28H,1-2H3. The first-order valence-electron chi connectivity index (χ1n) is 9.93. The summed E-state index contributed by atoms with van der Waals surface area (Å²) in [4.78, 5) is 0. The van der Waals surface area contributed by atoms with Gasteiger partial charge in [0.05, 0.1) is 14.2 Å². The lowest BCUT2D eigenvalue weighted by molar-refractivity contribution is 0.247. The number of hydrogen-bond donors (Lipinski definition) is 1. The lowest BCUT2D eigenvalue weighted by atomic mass is 9.99. The van der Waals surface area contributed by atoms with E-state index in [2.05, 4.69) is 6.07 Å². The summed E-state index contributed by atoms with van der Waals surface area (Å²) in [6.45, 7) is 0. The zero-order valence-corrected chi connectivity index (χ0v) is 17.4. The molecule has 4 aromatic carbocycles. The topological polar surface area (TPSA) is 47.9 Å². The van der Waals surface area contributed by atoms with E-state index in [1.807, 2.05) is 78.9 Å². The van der Waals surface area contributed by atoms with Crippen LogP contribution in [0.25, 0.3) is 11.1 Å². The van der Waals surface area contributed by atoms with Crippen LogP contribution in [-0.2, 0) is 0 Å². The van der Waals surface area contributed by atoms with Crippen molar-refractivity contribution in [2.24, 2.45) is 0 Å². The fourth-order valence-electron chi connectivity index (χ4n) is 3.50. The molecule has 31 heavy (non-hydrogen) atoms. The summed E-state index contributed by atoms with van der Waals surface area (Å²) in [5.74, 6) is 2.32. The number of benzene rings is 4. The van der Waals surface area contributed by atoms with Gasteiger partial charge in [-0.3, -0.25) is 0 Å². The van der Waals surface area contributed by atoms with E-state index in [1.165, 1.54) is 0 Å². The van der Waals surface area contributed by atoms with Crippen molar-refractivity contribution in [1.29, 1.82) is 0 Å². The average Bonchev–Trinajstić information content (AvgIpc) is 2.83. The Hall–Kier alpha value is -3.92. The molecule has 0 fully saturated rings. The third-order valence-corrected chi connectivity index (χ3v) is 5.04. The zero-order valence-electron chi connectivity index (χ0n) is 17.4. The molecule has 1 unspecified atom stereocenters. The smallest absolute Gasteiger partial charge is 0.149 e. The highest BCUT2D eigenvalue weighted by Crippen LogP contribution is 2.39. The maximum absolute atomic E-state index is 9.75. The molecule has 0 saturated heterocycles. The molecule has 0 saturated carbocycles. The Morgan fingerprint density at radius 3 is 2.29 bits per heavy atom. The molecule has 0 aliphatic carbocycles. The molecule has 0 aliphatic rings. The zero-order chi connectivity index (χ0) is 21.6. The fourth-order valence-corrected chi connectivity index (χ4v) is 3.50. The molecule has 0 aliphatic heterocycles. The quantitative estimate of drug-likeness (QED) is 0.402. The van der Waals surface area contributed by atoms with Crippen LogP contribution < -0.4 is 14.2 Å². The molecule has 4 aromatic rings. The summed E-state index contributed by atoms with van der Waals surface area (Å²) in [5.41, 5.74) is 3.65. The van der Waals surface area contributed by atoms with Crippen LogP contribution in [0.2, 0.25) is 0 Å². The normalized spacial score (nSPS) is 11.5. The molecule has 4 nitrogen and oxygen atoms in total. The Kier molecular flexibility index (Phi) is 6.08. The molecule has 0 amide bonds. The lowest BCUT2D eigenvalue weighted by Gasteiger charge is -2.23. The van der Waals surface area contributed by atoms with Gasteiger partial charge in [-0.2, -0.15) is 0 Å². The number of ether oxygens (including phenoxy) is 3. The van der Waals surface area contributed by atoms with Gasteiger partial charge in [0.25, 0.3) is 0 Å². The minimum absolute atomic E-state index is 0.207. The molecule has 1 N–H and O–H groups in total. The summed E-state index contributed by atoms with van der Waals surface area (Å²) in [6.07, 6.45) is -0.407. The molecule has 155 valence electrons. The van der Waals surface area contributed by atoms with E-state index in [9.17, 15) is 5.11 Å². The minimum Gasteiger partial charge on any atom is -0.508 e. The van der Waals surface area contributed by atoms with Gasteiger partial charge in [-0.1, -0.05) is 60.7 Å². The first kappa shape index (κ1) is 20.4. The summed E-state index contributed by atoms with van der Waals surface area (Å²) in [5, 5.41) is 9.75. The van der Waals surface area contributed by atoms with Crippen molar-refractivity contribution in [3.8, 4) is 34.1 Å². The molecular weight excluding hydrogens is 388 g/mol. The highest BCUT2D eigenvalue weighted by atomic mass is 16.5. The number of rotatable bonds is 7. The van der Waals surface area contributed by atoms with Crippen molar-refractivity contribution in [2.45, 2.75) is 6.10 Å². The number of hydrogen-bond acceptors (Lipinski definition) is 4. The monoisotopic (exact) mass is 411 g/mol. The average molecular weight is 411 g/mol. The minimum atomic E-state index is -0.407. The third kappa shape index (κ3) is 4.48. The van der Waals surface area contributed by atoms with Gasteiger partial charge in [-0.05, 0) is 35.9 Å². The number of phenols is 1. The van der Waals surface area contributed by atoms with Gasteiger partial charge in [-0.25, -0.2) is 0 Å². The van der Waals surface area contributed by atoms with Crippen molar-refractivity contribution in [2.75, 3.05) is 14.2 Å². The second-order valence-electron chi connectivity index (χ2n) is 6.98. The highest BCUT2D eigenvalue weighted by molar-refractivity contribution is 5.75. The van der Waals surface area contributed by atoms with Crippen molar-refractivity contribution in [3.05, 3.63) is 108 Å². The van der Waals surface area contributed by atoms with Gasteiger partial charge >= 0.3 is 0 Å². The molecule has 0 spiro atoms. The Morgan fingerprint density at radius 1 is 0.742 bits per heavy atom. The van der Waals surface area contributed by atoms with Crippen molar-refractivity contribution in [1.82, 2.24) is 0 Å². The fraction of sp³-hybridized carbons (Fsp3) is 0.111. The molecular formula is C27H23O4. The van der Waals surface area contributed by atoms with E-state index in [0.29, 0.717) is 11.5 Å². The van der Waals surface area contributed by atoms with E-state index in [0.717, 1.165) is 28.0 Å². The van der Waals surface area contributed by atoms with Crippen LogP contribution in [0.15, 0.2) is 91.0 Å². The first-order valence-corrected chi connectivity index (χ1v) is 9.93. The SMILES string of the molecule is COc1cccc(C(Oc2ccccc2-c2ccc[c]c2OC)c2ccc(O)cc2)c1. The van der Waals surface area contributed by atoms with E-state index >= 15 is 0 Å². The van der Waals surface area contributed by atoms with Crippen LogP contribution >= 0.6 is 0 Å². The van der Waals surface area contributed by atoms with E-state index < -0.39 is 6.10 Å². The molecule has 4 heteroatoms. The molecule has 4 rings (SSSR count). The third-order valence-electron chi connectivity index (χ3n) is 5.04. The van der Waals surface area contributed by atoms with Crippen molar-refractivity contribution >= 4 is 0 Å². The summed E-state index contributed by atoms with van der Waals surface area (Å²) < 4.78 is 17.5. The van der Waals surface area contributed by atoms with Gasteiger partial charge < -0.3 is 19.3 Å². The highest BCUT2D eigenvalue weighted by Gasteiger charge is 2.20. The van der Waals surface area contributed by atoms with Gasteiger partial charge in [0, 0.05) is 22.8 Å². The van der Waals surface area contributed by atoms with Crippen LogP contribution in [0.1, 0.15) is 17.2 Å². The number of para-hydroxylation sites is 2. The molecule has 1 atom stereocenters. The summed E-state index contributed by atoms with van der Waals surface area (Å²) in [6, 6.07) is 31.5. The number of aromatic hydroxyl groups is 1. The summed E-state index contributed by atoms with van der Waals surface area (Å²) in [7, 11) is 3.28. The second kappa shape index (κ2) is 9.26. The molecule has 1 radical (unpaired) electrons. The Morgan fingerprint density at radius 2 is 1.52 bits per heavy atom. The van der Waals surface area contributed by atoms with E-state index in [-0.39, 0.29) is 5.75 Å². The molecule has 0 heterocycles. The summed E-state index contributed by atoms with van der Waals surface area (Å²) >= 11 is 0. The predicted octanol–water partition coefficient (Wildman–Crippen LogP) is 6.04. The van der Waals surface area contributed by atoms with Gasteiger partial charge in [0.15, 0.2) is 0 Å². The van der Waals surface area contributed by atoms with Crippen LogP contribution in [0.5, 0.6) is 23.0 Å². The maximum Gasteiger partial charge on any atom is 0.149 e. The van der Waals surface area contributed by atoms with E-state index in [4.69, 9.17) is 14.2 Å². The van der Waals surface area contributed by atoms with Crippen LogP contribution in [0.3, 0.4) is 0 Å². The second-order valence-corrected chi connectivity index (χ2v) is 6.98.